The topological polar surface area (TPSA) is 79.4 Å². The number of ether oxygens (including phenoxy) is 1. The molecule has 168 valence electrons. The van der Waals surface area contributed by atoms with Gasteiger partial charge < -0.3 is 15.4 Å². The van der Waals surface area contributed by atoms with Crippen molar-refractivity contribution in [2.24, 2.45) is 0 Å². The highest BCUT2D eigenvalue weighted by Gasteiger charge is 2.38. The lowest BCUT2D eigenvalue weighted by Crippen LogP contribution is -2.60. The van der Waals surface area contributed by atoms with E-state index in [-0.39, 0.29) is 5.56 Å². The summed E-state index contributed by atoms with van der Waals surface area (Å²) in [5.74, 6) is -3.62. The molecular weight excluding hydrogens is 416 g/mol. The van der Waals surface area contributed by atoms with E-state index in [4.69, 9.17) is 4.74 Å². The molecule has 32 heavy (non-hydrogen) atoms. The van der Waals surface area contributed by atoms with Crippen LogP contribution in [0.1, 0.15) is 35.5 Å². The smallest absolute Gasteiger partial charge is 0.286 e. The van der Waals surface area contributed by atoms with Crippen molar-refractivity contribution in [2.45, 2.75) is 25.4 Å². The number of alkyl halides is 2. The number of nitrogens with zero attached hydrogens (tertiary/aromatic N) is 3. The molecule has 0 bridgehead atoms. The van der Waals surface area contributed by atoms with Gasteiger partial charge in [-0.3, -0.25) is 19.7 Å². The van der Waals surface area contributed by atoms with E-state index in [9.17, 15) is 13.6 Å². The van der Waals surface area contributed by atoms with Crippen LogP contribution in [0.5, 0.6) is 0 Å². The van der Waals surface area contributed by atoms with E-state index in [1.807, 2.05) is 18.2 Å². The summed E-state index contributed by atoms with van der Waals surface area (Å²) in [6, 6.07) is 6.34. The number of carbonyl (C=O) groups excluding carboxylic acids is 1. The van der Waals surface area contributed by atoms with Gasteiger partial charge in [-0.2, -0.15) is 8.78 Å². The highest BCUT2D eigenvalue weighted by Crippen LogP contribution is 2.34. The minimum Gasteiger partial charge on any atom is -0.379 e. The Hall–Kier alpha value is -3.17. The minimum atomic E-state index is -3.13. The van der Waals surface area contributed by atoms with Crippen LogP contribution < -0.4 is 10.6 Å². The molecule has 2 aromatic rings. The molecule has 1 fully saturated rings. The second-order valence-electron chi connectivity index (χ2n) is 7.98. The van der Waals surface area contributed by atoms with Crippen LogP contribution in [0.4, 0.5) is 8.78 Å². The zero-order chi connectivity index (χ0) is 22.8. The van der Waals surface area contributed by atoms with Crippen molar-refractivity contribution in [3.63, 3.8) is 0 Å². The molecule has 1 atom stereocenters. The van der Waals surface area contributed by atoms with Crippen molar-refractivity contribution in [1.29, 1.82) is 0 Å². The summed E-state index contributed by atoms with van der Waals surface area (Å²) in [5.41, 5.74) is 1.57. The van der Waals surface area contributed by atoms with Crippen LogP contribution in [-0.4, -0.2) is 52.7 Å². The van der Waals surface area contributed by atoms with E-state index >= 15 is 0 Å². The Bertz CT molecular complexity index is 1050. The van der Waals surface area contributed by atoms with Crippen LogP contribution in [0.3, 0.4) is 0 Å². The monoisotopic (exact) mass is 441 g/mol. The quantitative estimate of drug-likeness (QED) is 0.743. The standard InChI is InChI=1S/C23H25F2N5O2/c1-22(24,25)20-13-17(5-8-27-20)21(31)29-18-14-19(16-3-6-26-7-4-16)23(2,28-15-18)30-9-11-32-12-10-30/h3-8,13-15,28H,9-12H2,1-2H3,(H,29,31). The lowest BCUT2D eigenvalue weighted by atomic mass is 9.89. The molecule has 0 spiro atoms. The van der Waals surface area contributed by atoms with E-state index in [1.165, 1.54) is 12.3 Å². The summed E-state index contributed by atoms with van der Waals surface area (Å²) in [5, 5.41) is 6.23. The number of allylic oxidation sites excluding steroid dienone is 1. The second kappa shape index (κ2) is 8.76. The molecule has 4 rings (SSSR count). The van der Waals surface area contributed by atoms with Crippen LogP contribution in [0.15, 0.2) is 60.8 Å². The minimum absolute atomic E-state index is 0.109. The molecular formula is C23H25F2N5O2. The van der Waals surface area contributed by atoms with E-state index < -0.39 is 23.2 Å². The molecule has 2 N–H and O–H groups in total. The number of rotatable bonds is 5. The molecule has 0 saturated carbocycles. The van der Waals surface area contributed by atoms with Crippen molar-refractivity contribution in [2.75, 3.05) is 26.3 Å². The van der Waals surface area contributed by atoms with E-state index in [0.29, 0.717) is 18.9 Å². The summed E-state index contributed by atoms with van der Waals surface area (Å²) in [4.78, 5) is 22.8. The fourth-order valence-electron chi connectivity index (χ4n) is 3.89. The average Bonchev–Trinajstić information content (AvgIpc) is 2.81. The summed E-state index contributed by atoms with van der Waals surface area (Å²) in [6.07, 6.45) is 8.28. The number of halogens is 2. The van der Waals surface area contributed by atoms with Crippen LogP contribution in [0.2, 0.25) is 0 Å². The SMILES string of the molecule is CC(F)(F)c1cc(C(=O)NC2=CNC(C)(N3CCOCC3)C(c3ccncc3)=C2)ccn1. The van der Waals surface area contributed by atoms with Crippen LogP contribution >= 0.6 is 0 Å². The molecule has 4 heterocycles. The first-order valence-corrected chi connectivity index (χ1v) is 10.4. The van der Waals surface area contributed by atoms with Gasteiger partial charge in [-0.05, 0) is 42.8 Å². The van der Waals surface area contributed by atoms with Crippen LogP contribution in [0.25, 0.3) is 5.57 Å². The number of aromatic nitrogens is 2. The number of amides is 1. The van der Waals surface area contributed by atoms with Gasteiger partial charge in [-0.1, -0.05) is 0 Å². The third kappa shape index (κ3) is 4.53. The van der Waals surface area contributed by atoms with Crippen molar-refractivity contribution < 1.29 is 18.3 Å². The summed E-state index contributed by atoms with van der Waals surface area (Å²) < 4.78 is 32.7. The van der Waals surface area contributed by atoms with E-state index in [2.05, 4.69) is 32.4 Å². The zero-order valence-electron chi connectivity index (χ0n) is 17.9. The van der Waals surface area contributed by atoms with Gasteiger partial charge in [0.2, 0.25) is 0 Å². The van der Waals surface area contributed by atoms with E-state index in [0.717, 1.165) is 37.2 Å². The van der Waals surface area contributed by atoms with Crippen molar-refractivity contribution >= 4 is 11.5 Å². The molecule has 7 nitrogen and oxygen atoms in total. The fraction of sp³-hybridized carbons (Fsp3) is 0.348. The number of morpholine rings is 1. The lowest BCUT2D eigenvalue weighted by molar-refractivity contribution is -0.00395. The Morgan fingerprint density at radius 2 is 1.94 bits per heavy atom. The molecule has 0 aliphatic carbocycles. The van der Waals surface area contributed by atoms with Gasteiger partial charge in [0, 0.05) is 55.9 Å². The number of carbonyl (C=O) groups is 1. The molecule has 0 radical (unpaired) electrons. The Morgan fingerprint density at radius 1 is 1.22 bits per heavy atom. The highest BCUT2D eigenvalue weighted by atomic mass is 19.3. The summed E-state index contributed by atoms with van der Waals surface area (Å²) >= 11 is 0. The number of pyridine rings is 2. The lowest BCUT2D eigenvalue weighted by Gasteiger charge is -2.46. The third-order valence-electron chi connectivity index (χ3n) is 5.70. The molecule has 9 heteroatoms. The molecule has 1 unspecified atom stereocenters. The Morgan fingerprint density at radius 3 is 2.62 bits per heavy atom. The molecule has 0 aromatic carbocycles. The number of nitrogens with one attached hydrogen (secondary N) is 2. The normalized spacial score (nSPS) is 21.9. The predicted molar refractivity (Wildman–Crippen MR) is 116 cm³/mol. The Labute approximate surface area is 185 Å². The van der Waals surface area contributed by atoms with Gasteiger partial charge in [-0.25, -0.2) is 0 Å². The fourth-order valence-corrected chi connectivity index (χ4v) is 3.89. The molecule has 2 aromatic heterocycles. The molecule has 2 aliphatic rings. The maximum atomic E-state index is 13.6. The van der Waals surface area contributed by atoms with Crippen LogP contribution in [-0.2, 0) is 10.7 Å². The zero-order valence-corrected chi connectivity index (χ0v) is 17.9. The second-order valence-corrected chi connectivity index (χ2v) is 7.98. The first-order chi connectivity index (χ1) is 15.3. The van der Waals surface area contributed by atoms with Gasteiger partial charge >= 0.3 is 0 Å². The first-order valence-electron chi connectivity index (χ1n) is 10.4. The van der Waals surface area contributed by atoms with E-state index in [1.54, 1.807) is 18.6 Å². The maximum Gasteiger partial charge on any atom is 0.286 e. The molecule has 2 aliphatic heterocycles. The highest BCUT2D eigenvalue weighted by molar-refractivity contribution is 5.96. The number of hydrogen-bond acceptors (Lipinski definition) is 6. The third-order valence-corrected chi connectivity index (χ3v) is 5.70. The van der Waals surface area contributed by atoms with Gasteiger partial charge in [0.1, 0.15) is 11.4 Å². The predicted octanol–water partition coefficient (Wildman–Crippen LogP) is 2.89. The van der Waals surface area contributed by atoms with Crippen molar-refractivity contribution in [1.82, 2.24) is 25.5 Å². The largest absolute Gasteiger partial charge is 0.379 e. The Kier molecular flexibility index (Phi) is 6.03. The first kappa shape index (κ1) is 22.0. The maximum absolute atomic E-state index is 13.6. The summed E-state index contributed by atoms with van der Waals surface area (Å²) in [7, 11) is 0. The van der Waals surface area contributed by atoms with Gasteiger partial charge in [0.15, 0.2) is 0 Å². The molecule has 1 saturated heterocycles. The molecule has 1 amide bonds. The Balaban J connectivity index is 1.62. The summed E-state index contributed by atoms with van der Waals surface area (Å²) in [6.45, 7) is 5.62. The van der Waals surface area contributed by atoms with Gasteiger partial charge in [0.25, 0.3) is 11.8 Å². The average molecular weight is 441 g/mol. The van der Waals surface area contributed by atoms with Gasteiger partial charge in [0.05, 0.1) is 18.9 Å². The number of dihydropyridines is 1. The number of hydrogen-bond donors (Lipinski definition) is 2. The van der Waals surface area contributed by atoms with Crippen molar-refractivity contribution in [3.05, 3.63) is 77.6 Å². The van der Waals surface area contributed by atoms with Crippen LogP contribution in [0, 0.1) is 0 Å². The van der Waals surface area contributed by atoms with Gasteiger partial charge in [-0.15, -0.1) is 0 Å². The van der Waals surface area contributed by atoms with Crippen molar-refractivity contribution in [3.8, 4) is 0 Å².